The minimum absolute atomic E-state index is 0.113. The number of alkyl halides is 6. The van der Waals surface area contributed by atoms with Crippen LogP contribution in [0.1, 0.15) is 158 Å². The molecule has 0 heterocycles. The summed E-state index contributed by atoms with van der Waals surface area (Å²) < 4.78 is 82.2. The van der Waals surface area contributed by atoms with Crippen molar-refractivity contribution < 1.29 is 35.8 Å². The fourth-order valence-corrected chi connectivity index (χ4v) is 9.14. The lowest BCUT2D eigenvalue weighted by molar-refractivity contribution is -0.275. The second kappa shape index (κ2) is 19.6. The molecule has 53 heavy (non-hydrogen) atoms. The summed E-state index contributed by atoms with van der Waals surface area (Å²) in [5.41, 5.74) is 6.90. The SMILES string of the molecule is CCCC1CCC(CCC2=Cc3ccc(OC(F)(F)F)cc3CC2)CC1.CCCCC1CCC(CCC2=Cc3ccc(OC(F)(F)F)cc3CC2)CC1. The summed E-state index contributed by atoms with van der Waals surface area (Å²) in [4.78, 5) is 0. The molecule has 2 fully saturated rings. The van der Waals surface area contributed by atoms with Crippen molar-refractivity contribution in [3.63, 3.8) is 0 Å². The maximum absolute atomic E-state index is 12.4. The molecule has 0 spiro atoms. The molecule has 2 saturated carbocycles. The summed E-state index contributed by atoms with van der Waals surface area (Å²) in [6.07, 6.45) is 21.2. The minimum atomic E-state index is -4.63. The Balaban J connectivity index is 0.000000204. The second-order valence-electron chi connectivity index (χ2n) is 16.2. The van der Waals surface area contributed by atoms with Gasteiger partial charge in [0.05, 0.1) is 0 Å². The quantitative estimate of drug-likeness (QED) is 0.190. The van der Waals surface area contributed by atoms with E-state index in [1.54, 1.807) is 12.1 Å². The molecule has 0 saturated heterocycles. The van der Waals surface area contributed by atoms with Gasteiger partial charge in [0.25, 0.3) is 0 Å². The van der Waals surface area contributed by atoms with Gasteiger partial charge in [0.2, 0.25) is 0 Å². The molecule has 0 aromatic heterocycles. The van der Waals surface area contributed by atoms with Crippen molar-refractivity contribution >= 4 is 12.2 Å². The average molecular weight is 747 g/mol. The van der Waals surface area contributed by atoms with Gasteiger partial charge in [0.15, 0.2) is 0 Å². The lowest BCUT2D eigenvalue weighted by atomic mass is 9.77. The topological polar surface area (TPSA) is 18.5 Å². The molecule has 4 aliphatic rings. The molecule has 2 nitrogen and oxygen atoms in total. The number of fused-ring (bicyclic) bond motifs is 2. The van der Waals surface area contributed by atoms with Gasteiger partial charge in [0.1, 0.15) is 11.5 Å². The van der Waals surface area contributed by atoms with Crippen LogP contribution in [0.5, 0.6) is 11.5 Å². The van der Waals surface area contributed by atoms with E-state index in [2.05, 4.69) is 35.5 Å². The average Bonchev–Trinajstić information content (AvgIpc) is 3.12. The number of aryl methyl sites for hydroxylation is 2. The third-order valence-electron chi connectivity index (χ3n) is 12.2. The summed E-state index contributed by atoms with van der Waals surface area (Å²) in [5, 5.41) is 0. The highest BCUT2D eigenvalue weighted by Crippen LogP contribution is 2.39. The summed E-state index contributed by atoms with van der Waals surface area (Å²) in [7, 11) is 0. The van der Waals surface area contributed by atoms with Crippen LogP contribution in [0.15, 0.2) is 47.5 Å². The molecule has 0 N–H and O–H groups in total. The zero-order chi connectivity index (χ0) is 37.8. The Morgan fingerprint density at radius 3 is 1.28 bits per heavy atom. The zero-order valence-corrected chi connectivity index (χ0v) is 31.9. The third-order valence-corrected chi connectivity index (χ3v) is 12.2. The fourth-order valence-electron chi connectivity index (χ4n) is 9.14. The lowest BCUT2D eigenvalue weighted by Gasteiger charge is -2.29. The number of hydrogen-bond donors (Lipinski definition) is 0. The van der Waals surface area contributed by atoms with E-state index < -0.39 is 12.7 Å². The summed E-state index contributed by atoms with van der Waals surface area (Å²) >= 11 is 0. The van der Waals surface area contributed by atoms with E-state index in [1.165, 1.54) is 132 Å². The van der Waals surface area contributed by atoms with Crippen molar-refractivity contribution in [2.75, 3.05) is 0 Å². The number of rotatable bonds is 13. The molecule has 0 bridgehead atoms. The molecule has 6 rings (SSSR count). The third kappa shape index (κ3) is 14.0. The van der Waals surface area contributed by atoms with Gasteiger partial charge in [-0.05, 0) is 122 Å². The number of benzene rings is 2. The minimum Gasteiger partial charge on any atom is -0.406 e. The van der Waals surface area contributed by atoms with Crippen molar-refractivity contribution in [3.05, 3.63) is 69.8 Å². The van der Waals surface area contributed by atoms with Crippen LogP contribution in [-0.2, 0) is 12.8 Å². The van der Waals surface area contributed by atoms with E-state index >= 15 is 0 Å². The van der Waals surface area contributed by atoms with Gasteiger partial charge in [-0.3, -0.25) is 0 Å². The van der Waals surface area contributed by atoms with Gasteiger partial charge in [-0.25, -0.2) is 0 Å². The number of ether oxygens (including phenoxy) is 2. The van der Waals surface area contributed by atoms with Gasteiger partial charge in [-0.2, -0.15) is 0 Å². The molecule has 0 atom stereocenters. The van der Waals surface area contributed by atoms with Crippen LogP contribution in [0.2, 0.25) is 0 Å². The standard InChI is InChI=1S/C23H31F3O.C22H29F3O/c1-2-3-4-17-5-7-18(8-6-17)9-10-19-11-12-21-16-22(27-23(24,25)26)14-13-20(21)15-19;1-2-3-16-4-6-17(7-5-16)8-9-18-10-11-20-15-21(26-22(23,24)25)13-12-19(20)14-18/h13-18H,2-12H2,1H3;12-17H,2-11H2,1H3. The van der Waals surface area contributed by atoms with Gasteiger partial charge in [-0.1, -0.05) is 133 Å². The summed E-state index contributed by atoms with van der Waals surface area (Å²) in [6, 6.07) is 9.42. The van der Waals surface area contributed by atoms with Crippen molar-refractivity contribution in [3.8, 4) is 11.5 Å². The smallest absolute Gasteiger partial charge is 0.406 e. The van der Waals surface area contributed by atoms with Crippen LogP contribution in [0.3, 0.4) is 0 Å². The number of halogens is 6. The predicted octanol–water partition coefficient (Wildman–Crippen LogP) is 15.0. The first-order valence-electron chi connectivity index (χ1n) is 20.5. The van der Waals surface area contributed by atoms with Crippen LogP contribution < -0.4 is 9.47 Å². The van der Waals surface area contributed by atoms with E-state index in [1.807, 2.05) is 0 Å². The van der Waals surface area contributed by atoms with Crippen molar-refractivity contribution in [1.82, 2.24) is 0 Å². The normalized spacial score (nSPS) is 23.1. The molecular formula is C45H60F6O2. The first-order chi connectivity index (χ1) is 25.4. The summed E-state index contributed by atoms with van der Waals surface area (Å²) in [6.45, 7) is 4.55. The zero-order valence-electron chi connectivity index (χ0n) is 31.9. The Morgan fingerprint density at radius 1 is 0.509 bits per heavy atom. The highest BCUT2D eigenvalue weighted by atomic mass is 19.4. The Bertz CT molecular complexity index is 1490. The van der Waals surface area contributed by atoms with Crippen LogP contribution in [0, 0.1) is 23.7 Å². The number of hydrogen-bond acceptors (Lipinski definition) is 2. The molecule has 0 aliphatic heterocycles. The van der Waals surface area contributed by atoms with E-state index in [-0.39, 0.29) is 11.5 Å². The molecule has 4 aliphatic carbocycles. The maximum atomic E-state index is 12.4. The Kier molecular flexibility index (Phi) is 15.3. The molecule has 2 aromatic rings. The molecule has 0 radical (unpaired) electrons. The van der Waals surface area contributed by atoms with E-state index in [4.69, 9.17) is 0 Å². The lowest BCUT2D eigenvalue weighted by Crippen LogP contribution is -2.17. The van der Waals surface area contributed by atoms with Gasteiger partial charge in [0, 0.05) is 0 Å². The largest absolute Gasteiger partial charge is 0.573 e. The van der Waals surface area contributed by atoms with Crippen molar-refractivity contribution in [2.24, 2.45) is 23.7 Å². The monoisotopic (exact) mass is 746 g/mol. The number of unbranched alkanes of at least 4 members (excludes halogenated alkanes) is 1. The van der Waals surface area contributed by atoms with Gasteiger partial charge < -0.3 is 9.47 Å². The molecule has 0 amide bonds. The van der Waals surface area contributed by atoms with E-state index in [9.17, 15) is 26.3 Å². The second-order valence-corrected chi connectivity index (χ2v) is 16.2. The molecule has 2 aromatic carbocycles. The highest BCUT2D eigenvalue weighted by molar-refractivity contribution is 5.62. The molecule has 294 valence electrons. The van der Waals surface area contributed by atoms with Crippen LogP contribution in [-0.4, -0.2) is 12.7 Å². The van der Waals surface area contributed by atoms with E-state index in [0.29, 0.717) is 0 Å². The Morgan fingerprint density at radius 2 is 0.906 bits per heavy atom. The van der Waals surface area contributed by atoms with Crippen LogP contribution in [0.25, 0.3) is 12.2 Å². The predicted molar refractivity (Wildman–Crippen MR) is 203 cm³/mol. The first-order valence-corrected chi connectivity index (χ1v) is 20.5. The Labute approximate surface area is 313 Å². The van der Waals surface area contributed by atoms with Gasteiger partial charge >= 0.3 is 12.7 Å². The molecular weight excluding hydrogens is 686 g/mol. The first kappa shape index (κ1) is 41.3. The van der Waals surface area contributed by atoms with Gasteiger partial charge in [-0.15, -0.1) is 26.3 Å². The van der Waals surface area contributed by atoms with Crippen LogP contribution in [0.4, 0.5) is 26.3 Å². The van der Waals surface area contributed by atoms with Crippen LogP contribution >= 0.6 is 0 Å². The Hall–Kier alpha value is -2.90. The highest BCUT2D eigenvalue weighted by Gasteiger charge is 2.32. The molecule has 8 heteroatoms. The number of allylic oxidation sites excluding steroid dienone is 2. The fraction of sp³-hybridized carbons (Fsp3) is 0.644. The van der Waals surface area contributed by atoms with Crippen molar-refractivity contribution in [1.29, 1.82) is 0 Å². The summed E-state index contributed by atoms with van der Waals surface area (Å²) in [5.74, 6) is 3.38. The maximum Gasteiger partial charge on any atom is 0.573 e. The molecule has 0 unspecified atom stereocenters. The van der Waals surface area contributed by atoms with Crippen molar-refractivity contribution in [2.45, 2.75) is 161 Å². The van der Waals surface area contributed by atoms with E-state index in [0.717, 1.165) is 84.5 Å².